The fourth-order valence-corrected chi connectivity index (χ4v) is 20.0. The number of carbonyl (C=O) groups excluding carboxylic acids is 2. The van der Waals surface area contributed by atoms with Gasteiger partial charge in [-0.25, -0.2) is 55.4 Å². The number of esters is 2. The van der Waals surface area contributed by atoms with Gasteiger partial charge in [0.15, 0.2) is 11.7 Å². The molecule has 0 N–H and O–H groups in total. The molecule has 0 unspecified atom stereocenters. The number of carbonyl (C=O) groups is 2. The molecule has 2 aromatic heterocycles. The first kappa shape index (κ1) is 81.9. The van der Waals surface area contributed by atoms with Gasteiger partial charge in [-0.2, -0.15) is 4.99 Å². The fraction of sp³-hybridized carbons (Fsp3) is 0.184. The van der Waals surface area contributed by atoms with E-state index in [4.69, 9.17) is 65.5 Å². The minimum absolute atomic E-state index is 0.00103. The first-order chi connectivity index (χ1) is 62.1. The number of nitrogens with zero attached hydrogens (tertiary/aromatic N) is 12. The zero-order chi connectivity index (χ0) is 90.2. The molecule has 32 heteroatoms. The Morgan fingerprint density at radius 3 is 1.29 bits per heavy atom. The molecule has 10 heterocycles. The number of aromatic nitrogens is 2. The van der Waals surface area contributed by atoms with Gasteiger partial charge in [-0.1, -0.05) is 175 Å². The lowest BCUT2D eigenvalue weighted by molar-refractivity contribution is -0.385. The van der Waals surface area contributed by atoms with Crippen LogP contribution in [0.15, 0.2) is 255 Å². The normalized spacial score (nSPS) is 15.1. The molecule has 0 saturated carbocycles. The average molecular weight is 1800 g/mol. The molecule has 26 nitrogen and oxygen atoms in total. The summed E-state index contributed by atoms with van der Waals surface area (Å²) in [4.78, 5) is 80.2. The summed E-state index contributed by atoms with van der Waals surface area (Å²) >= 11 is 8.49. The van der Waals surface area contributed by atoms with Gasteiger partial charge in [0.1, 0.15) is 48.6 Å². The zero-order valence-electron chi connectivity index (χ0n) is 71.7. The molecule has 130 heavy (non-hydrogen) atoms. The molecule has 23 rings (SSSR count). The van der Waals surface area contributed by atoms with Crippen LogP contribution >= 0.6 is 23.5 Å². The van der Waals surface area contributed by atoms with E-state index in [1.54, 1.807) is 45.4 Å². The second-order valence-electron chi connectivity index (χ2n) is 36.5. The molecule has 0 radical (unpaired) electrons. The predicted molar refractivity (Wildman–Crippen MR) is 506 cm³/mol. The molecule has 8 bridgehead atoms. The monoisotopic (exact) mass is 1800 g/mol. The summed E-state index contributed by atoms with van der Waals surface area (Å²) < 4.78 is 108. The van der Waals surface area contributed by atoms with Crippen molar-refractivity contribution in [2.75, 3.05) is 13.2 Å². The van der Waals surface area contributed by atoms with Gasteiger partial charge in [0.05, 0.1) is 72.4 Å². The van der Waals surface area contributed by atoms with Crippen molar-refractivity contribution >= 4 is 214 Å². The first-order valence-corrected chi connectivity index (χ1v) is 46.3. The number of aliphatic imine (C=N–C) groups is 6. The Hall–Kier alpha value is -13.8. The summed E-state index contributed by atoms with van der Waals surface area (Å²) in [7, 11) is -11.2. The largest absolute Gasteiger partial charge is 0.744 e. The van der Waals surface area contributed by atoms with Crippen molar-refractivity contribution in [3.63, 3.8) is 0 Å². The molecular weight excluding hydrogens is 1720 g/mol. The van der Waals surface area contributed by atoms with Gasteiger partial charge < -0.3 is 23.2 Å². The Morgan fingerprint density at radius 1 is 0.415 bits per heavy atom. The second kappa shape index (κ2) is 29.4. The number of ether oxygens (including phenoxy) is 2. The van der Waals surface area contributed by atoms with Gasteiger partial charge >= 0.3 is 30.3 Å². The predicted octanol–water partition coefficient (Wildman–Crippen LogP) is 18.0. The van der Waals surface area contributed by atoms with Crippen LogP contribution in [0.2, 0.25) is 0 Å². The van der Waals surface area contributed by atoms with Crippen molar-refractivity contribution in [2.24, 2.45) is 39.9 Å². The number of fused-ring (bicyclic) bond motifs is 26. The van der Waals surface area contributed by atoms with E-state index in [9.17, 15) is 40.5 Å². The van der Waals surface area contributed by atoms with E-state index in [2.05, 4.69) is 171 Å². The van der Waals surface area contributed by atoms with Gasteiger partial charge in [-0.15, -0.1) is 0 Å². The van der Waals surface area contributed by atoms with Crippen LogP contribution in [-0.4, -0.2) is 129 Å². The van der Waals surface area contributed by atoms with Gasteiger partial charge in [-0.05, 0) is 238 Å². The van der Waals surface area contributed by atoms with Crippen LogP contribution in [0.4, 0.5) is 11.6 Å². The summed E-state index contributed by atoms with van der Waals surface area (Å²) in [5.41, 5.74) is 11.3. The van der Waals surface area contributed by atoms with E-state index in [1.165, 1.54) is 71.3 Å². The highest BCUT2D eigenvalue weighted by Gasteiger charge is 2.56. The minimum atomic E-state index is -4.89. The summed E-state index contributed by atoms with van der Waals surface area (Å²) in [6.45, 7) is 24.2. The molecule has 13 aromatic carbocycles. The SMILES string of the molecule is CC(C)(C)c1ccc2cc3c(cc2c1)C1=NC2=[N+]4B(Cl)[N+]5=C(N=C4c4cc6cc(C(C)(C)C)ccc6cc42)c2cc4ccc(C(C)(C)C)cc4cc2C5=NC3=N1.CCCOC(=O)c1cc(OB2n3c4c5cc6ccc(S(=O)(=O)[O-])cc6cc5c3N=c3c5cc6ccc(S(=O)(=O)[O-])cc6cc5c(n32)=NC2=NC(=N4)c3cc4ccc(SO[O+]=O)cc4cc32)cc(C(=O)OCCC)c1. The molecule has 8 aliphatic rings. The van der Waals surface area contributed by atoms with Gasteiger partial charge in [0.25, 0.3) is 28.3 Å². The Kier molecular flexibility index (Phi) is 18.5. The maximum atomic E-state index is 13.6. The number of amidine groups is 8. The van der Waals surface area contributed by atoms with Crippen LogP contribution in [0.5, 0.6) is 5.75 Å². The Labute approximate surface area is 752 Å². The van der Waals surface area contributed by atoms with E-state index in [1.807, 2.05) is 32.0 Å². The number of hydrogen-bond acceptors (Lipinski definition) is 22. The molecule has 0 aliphatic carbocycles. The summed E-state index contributed by atoms with van der Waals surface area (Å²) in [6.07, 6.45) is 0.370. The highest BCUT2D eigenvalue weighted by atomic mass is 35.5. The van der Waals surface area contributed by atoms with Gasteiger partial charge in [-0.3, -0.25) is 8.96 Å². The molecule has 8 aliphatic heterocycles. The Morgan fingerprint density at radius 2 is 0.800 bits per heavy atom. The maximum Gasteiger partial charge on any atom is 0.663 e. The van der Waals surface area contributed by atoms with Crippen LogP contribution in [-0.2, 0) is 50.3 Å². The van der Waals surface area contributed by atoms with Crippen molar-refractivity contribution in [3.05, 3.63) is 293 Å². The number of halogens is 1. The third-order valence-corrected chi connectivity index (χ3v) is 27.5. The molecule has 0 amide bonds. The quantitative estimate of drug-likeness (QED) is 0.0197. The lowest BCUT2D eigenvalue weighted by atomic mass is 9.85. The highest BCUT2D eigenvalue weighted by molar-refractivity contribution is 7.94. The fourth-order valence-electron chi connectivity index (χ4n) is 18.2. The van der Waals surface area contributed by atoms with Crippen molar-refractivity contribution in [2.45, 2.75) is 120 Å². The van der Waals surface area contributed by atoms with Crippen molar-refractivity contribution in [1.29, 1.82) is 0 Å². The van der Waals surface area contributed by atoms with E-state index in [0.29, 0.717) is 101 Å². The van der Waals surface area contributed by atoms with Gasteiger partial charge in [0, 0.05) is 37.0 Å². The summed E-state index contributed by atoms with van der Waals surface area (Å²) in [5.74, 6) is 3.75. The van der Waals surface area contributed by atoms with Crippen molar-refractivity contribution < 1.29 is 63.0 Å². The van der Waals surface area contributed by atoms with Crippen LogP contribution < -0.4 is 15.6 Å². The lowest BCUT2D eigenvalue weighted by Gasteiger charge is -2.23. The van der Waals surface area contributed by atoms with E-state index in [0.717, 1.165) is 94.4 Å². The molecule has 0 atom stereocenters. The molecule has 0 spiro atoms. The van der Waals surface area contributed by atoms with Crippen molar-refractivity contribution in [1.82, 2.24) is 8.96 Å². The standard InChI is InChI=1S/C50H33BN6O14S3.C48H42BClN6/c1-3-11-67-49(58)31-13-32(50(59)68-12-4-2)15-33(14-31)69-51-56-45-39-20-26-6-9-36(74(64,65)66)18-30(26)24-42(39)48(56)55-47-40-21-27-7-10-35(73(61,62)63)17-29(27)23-41(40)46(57(47)51)54-44-38-22-28-16-34(72-71-70-60)8-5-25(28)19-37(38)43(52-44)53-45;1-46(2,3)31-13-10-25-19-34-35(22-28(25)16-31)41-51-40(34)52-43-38-23-29-17-32(47(4,5)6)15-12-27(29)21-37(38)44-54-45-39-24-30-18-33(48(7,8)9)14-11-26(30)20-36(39)42(53-41)55(45)49(50)56(43)44/h5-10,13-24H,3-4,11-12H2,1-2H3,(H-,61,62,63,64,65,66);10-24H,1-9H3/q;+2/p-1. The van der Waals surface area contributed by atoms with Crippen LogP contribution in [0, 0.1) is 9.71 Å². The van der Waals surface area contributed by atoms with Crippen LogP contribution in [0.1, 0.15) is 171 Å². The maximum absolute atomic E-state index is 13.6. The number of hydrogen-bond donors (Lipinski definition) is 0. The summed E-state index contributed by atoms with van der Waals surface area (Å²) in [5, 5.41) is 12.0. The number of benzene rings is 13. The Bertz CT molecular complexity index is 8510. The molecule has 0 saturated heterocycles. The van der Waals surface area contributed by atoms with Crippen LogP contribution in [0.25, 0.3) is 86.2 Å². The summed E-state index contributed by atoms with van der Waals surface area (Å²) in [6, 6.07) is 62.0. The van der Waals surface area contributed by atoms with E-state index in [-0.39, 0.29) is 80.6 Å². The number of rotatable bonds is 13. The molecule has 0 fully saturated rings. The minimum Gasteiger partial charge on any atom is -0.744 e. The van der Waals surface area contributed by atoms with Crippen molar-refractivity contribution in [3.8, 4) is 5.75 Å². The van der Waals surface area contributed by atoms with E-state index < -0.39 is 55.5 Å². The Balaban J connectivity index is 0.000000158. The molecule has 15 aromatic rings. The highest BCUT2D eigenvalue weighted by Crippen LogP contribution is 2.46. The second-order valence-corrected chi connectivity index (χ2v) is 40.4. The van der Waals surface area contributed by atoms with E-state index >= 15 is 0 Å². The third-order valence-electron chi connectivity index (χ3n) is 24.9. The average Bonchev–Trinajstić information content (AvgIpc) is 1.53. The van der Waals surface area contributed by atoms with Gasteiger partial charge in [0.2, 0.25) is 23.7 Å². The lowest BCUT2D eigenvalue weighted by Crippen LogP contribution is -2.52. The molecular formula is C98H74B2ClN12O14S3+. The third kappa shape index (κ3) is 13.4. The van der Waals surface area contributed by atoms with Crippen LogP contribution in [0.3, 0.4) is 0 Å². The smallest absolute Gasteiger partial charge is 0.663 e. The zero-order valence-corrected chi connectivity index (χ0v) is 74.9. The first-order valence-electron chi connectivity index (χ1n) is 42.3. The molecule has 640 valence electrons. The topological polar surface area (TPSA) is 329 Å².